The highest BCUT2D eigenvalue weighted by Gasteiger charge is 2.18. The van der Waals surface area contributed by atoms with Gasteiger partial charge < -0.3 is 14.6 Å². The van der Waals surface area contributed by atoms with Crippen LogP contribution in [0.25, 0.3) is 0 Å². The fourth-order valence-corrected chi connectivity index (χ4v) is 2.81. The molecule has 2 rings (SSSR count). The van der Waals surface area contributed by atoms with Crippen molar-refractivity contribution in [2.24, 2.45) is 0 Å². The van der Waals surface area contributed by atoms with Gasteiger partial charge in [0.2, 0.25) is 0 Å². The van der Waals surface area contributed by atoms with Gasteiger partial charge in [0.1, 0.15) is 0 Å². The zero-order valence-electron chi connectivity index (χ0n) is 12.3. The van der Waals surface area contributed by atoms with E-state index in [1.165, 1.54) is 0 Å². The summed E-state index contributed by atoms with van der Waals surface area (Å²) in [7, 11) is 0. The highest BCUT2D eigenvalue weighted by atomic mass is 79.9. The lowest BCUT2D eigenvalue weighted by atomic mass is 10.1. The first kappa shape index (κ1) is 16.1. The molecule has 1 aromatic carbocycles. The molecule has 0 radical (unpaired) electrons. The molecule has 0 bridgehead atoms. The number of hydrogen-bond acceptors (Lipinski definition) is 4. The summed E-state index contributed by atoms with van der Waals surface area (Å²) in [6.45, 7) is 5.82. The molecule has 1 aromatic rings. The van der Waals surface area contributed by atoms with Gasteiger partial charge in [0.05, 0.1) is 24.2 Å². The number of halogens is 1. The van der Waals surface area contributed by atoms with Crippen LogP contribution in [-0.4, -0.2) is 41.8 Å². The van der Waals surface area contributed by atoms with Gasteiger partial charge in [-0.1, -0.05) is 0 Å². The maximum absolute atomic E-state index is 11.0. The Morgan fingerprint density at radius 1 is 1.38 bits per heavy atom. The number of rotatable bonds is 5. The van der Waals surface area contributed by atoms with Gasteiger partial charge in [-0.2, -0.15) is 0 Å². The van der Waals surface area contributed by atoms with E-state index in [2.05, 4.69) is 15.9 Å². The van der Waals surface area contributed by atoms with Crippen molar-refractivity contribution in [2.45, 2.75) is 32.9 Å². The molecule has 0 saturated heterocycles. The normalized spacial score (nSPS) is 14.3. The number of hydrogen-bond donors (Lipinski definition) is 1. The van der Waals surface area contributed by atoms with Crippen molar-refractivity contribution in [1.29, 1.82) is 0 Å². The summed E-state index contributed by atoms with van der Waals surface area (Å²) in [5, 5.41) is 9.00. The smallest absolute Gasteiger partial charge is 0.317 e. The summed E-state index contributed by atoms with van der Waals surface area (Å²) < 4.78 is 12.2. The van der Waals surface area contributed by atoms with Crippen LogP contribution in [0.2, 0.25) is 0 Å². The summed E-state index contributed by atoms with van der Waals surface area (Å²) in [6.07, 6.45) is 0.855. The Balaban J connectivity index is 2.21. The van der Waals surface area contributed by atoms with Crippen molar-refractivity contribution in [3.63, 3.8) is 0 Å². The summed E-state index contributed by atoms with van der Waals surface area (Å²) in [5.41, 5.74) is 1.00. The van der Waals surface area contributed by atoms with Gasteiger partial charge in [-0.3, -0.25) is 9.69 Å². The first-order valence-corrected chi connectivity index (χ1v) is 7.80. The first-order valence-electron chi connectivity index (χ1n) is 7.01. The molecule has 0 fully saturated rings. The standard InChI is InChI=1S/C15H20BrNO4/c1-10(2)17(9-14(18)19)8-11-6-12(16)15-13(7-11)20-4-3-5-21-15/h6-7,10H,3-5,8-9H2,1-2H3,(H,18,19). The largest absolute Gasteiger partial charge is 0.490 e. The molecule has 0 atom stereocenters. The van der Waals surface area contributed by atoms with E-state index in [0.29, 0.717) is 19.8 Å². The fourth-order valence-electron chi connectivity index (χ4n) is 2.20. The van der Waals surface area contributed by atoms with Gasteiger partial charge in [0, 0.05) is 19.0 Å². The van der Waals surface area contributed by atoms with Crippen LogP contribution in [0.5, 0.6) is 11.5 Å². The molecule has 21 heavy (non-hydrogen) atoms. The number of ether oxygens (including phenoxy) is 2. The lowest BCUT2D eigenvalue weighted by Gasteiger charge is -2.25. The van der Waals surface area contributed by atoms with Crippen molar-refractivity contribution in [3.8, 4) is 11.5 Å². The van der Waals surface area contributed by atoms with Crippen LogP contribution < -0.4 is 9.47 Å². The van der Waals surface area contributed by atoms with E-state index >= 15 is 0 Å². The Labute approximate surface area is 133 Å². The highest BCUT2D eigenvalue weighted by molar-refractivity contribution is 9.10. The van der Waals surface area contributed by atoms with Crippen LogP contribution in [0.15, 0.2) is 16.6 Å². The Hall–Kier alpha value is -1.27. The molecule has 0 aromatic heterocycles. The minimum absolute atomic E-state index is 0.0176. The van der Waals surface area contributed by atoms with Crippen LogP contribution in [0.1, 0.15) is 25.8 Å². The third-order valence-electron chi connectivity index (χ3n) is 3.32. The molecule has 0 unspecified atom stereocenters. The second-order valence-electron chi connectivity index (χ2n) is 5.35. The first-order chi connectivity index (χ1) is 9.97. The van der Waals surface area contributed by atoms with Gasteiger partial charge in [-0.15, -0.1) is 0 Å². The molecule has 0 amide bonds. The summed E-state index contributed by atoms with van der Waals surface area (Å²) in [4.78, 5) is 12.9. The average molecular weight is 358 g/mol. The second kappa shape index (κ2) is 7.13. The number of carbonyl (C=O) groups is 1. The van der Waals surface area contributed by atoms with E-state index in [0.717, 1.165) is 28.0 Å². The molecule has 0 aliphatic carbocycles. The van der Waals surface area contributed by atoms with Crippen LogP contribution in [0, 0.1) is 0 Å². The maximum atomic E-state index is 11.0. The van der Waals surface area contributed by atoms with Crippen LogP contribution in [-0.2, 0) is 11.3 Å². The van der Waals surface area contributed by atoms with Gasteiger partial charge >= 0.3 is 5.97 Å². The SMILES string of the molecule is CC(C)N(CC(=O)O)Cc1cc(Br)c2c(c1)OCCCO2. The van der Waals surface area contributed by atoms with Crippen molar-refractivity contribution in [2.75, 3.05) is 19.8 Å². The molecule has 1 aliphatic rings. The van der Waals surface area contributed by atoms with E-state index < -0.39 is 5.97 Å². The monoisotopic (exact) mass is 357 g/mol. The maximum Gasteiger partial charge on any atom is 0.317 e. The molecular weight excluding hydrogens is 338 g/mol. The molecule has 6 heteroatoms. The van der Waals surface area contributed by atoms with Crippen molar-refractivity contribution in [3.05, 3.63) is 22.2 Å². The van der Waals surface area contributed by atoms with Gasteiger partial charge in [-0.25, -0.2) is 0 Å². The molecule has 1 heterocycles. The third kappa shape index (κ3) is 4.35. The molecule has 1 N–H and O–H groups in total. The van der Waals surface area contributed by atoms with Gasteiger partial charge in [0.15, 0.2) is 11.5 Å². The zero-order valence-corrected chi connectivity index (χ0v) is 13.9. The van der Waals surface area contributed by atoms with Crippen molar-refractivity contribution < 1.29 is 19.4 Å². The quantitative estimate of drug-likeness (QED) is 0.877. The number of benzene rings is 1. The molecule has 0 saturated carbocycles. The fraction of sp³-hybridized carbons (Fsp3) is 0.533. The predicted molar refractivity (Wildman–Crippen MR) is 82.9 cm³/mol. The Kier molecular flexibility index (Phi) is 5.47. The second-order valence-corrected chi connectivity index (χ2v) is 6.20. The number of nitrogens with zero attached hydrogens (tertiary/aromatic N) is 1. The minimum Gasteiger partial charge on any atom is -0.490 e. The Morgan fingerprint density at radius 2 is 2.10 bits per heavy atom. The van der Waals surface area contributed by atoms with E-state index in [-0.39, 0.29) is 12.6 Å². The third-order valence-corrected chi connectivity index (χ3v) is 3.91. The molecule has 0 spiro atoms. The molecule has 1 aliphatic heterocycles. The number of carboxylic acid groups (broad SMARTS) is 1. The van der Waals surface area contributed by atoms with Crippen LogP contribution >= 0.6 is 15.9 Å². The van der Waals surface area contributed by atoms with Gasteiger partial charge in [0.25, 0.3) is 0 Å². The van der Waals surface area contributed by atoms with E-state index in [1.54, 1.807) is 0 Å². The zero-order chi connectivity index (χ0) is 15.4. The van der Waals surface area contributed by atoms with Crippen molar-refractivity contribution in [1.82, 2.24) is 4.90 Å². The number of fused-ring (bicyclic) bond motifs is 1. The van der Waals surface area contributed by atoms with Crippen LogP contribution in [0.4, 0.5) is 0 Å². The summed E-state index contributed by atoms with van der Waals surface area (Å²) in [6, 6.07) is 4.05. The van der Waals surface area contributed by atoms with Crippen molar-refractivity contribution >= 4 is 21.9 Å². The predicted octanol–water partition coefficient (Wildman–Crippen LogP) is 2.91. The molecule has 5 nitrogen and oxygen atoms in total. The Bertz CT molecular complexity index is 519. The number of carboxylic acids is 1. The van der Waals surface area contributed by atoms with Crippen LogP contribution in [0.3, 0.4) is 0 Å². The number of aliphatic carboxylic acids is 1. The average Bonchev–Trinajstić information content (AvgIpc) is 2.63. The summed E-state index contributed by atoms with van der Waals surface area (Å²) in [5.74, 6) is 0.624. The lowest BCUT2D eigenvalue weighted by molar-refractivity contribution is -0.138. The van der Waals surface area contributed by atoms with E-state index in [9.17, 15) is 4.79 Å². The van der Waals surface area contributed by atoms with E-state index in [4.69, 9.17) is 14.6 Å². The van der Waals surface area contributed by atoms with E-state index in [1.807, 2.05) is 30.9 Å². The Morgan fingerprint density at radius 3 is 2.76 bits per heavy atom. The minimum atomic E-state index is -0.822. The summed E-state index contributed by atoms with van der Waals surface area (Å²) >= 11 is 3.51. The van der Waals surface area contributed by atoms with Gasteiger partial charge in [-0.05, 0) is 47.5 Å². The molecule has 116 valence electrons. The highest BCUT2D eigenvalue weighted by Crippen LogP contribution is 2.38. The molecular formula is C15H20BrNO4. The topological polar surface area (TPSA) is 59.0 Å². The lowest BCUT2D eigenvalue weighted by Crippen LogP contribution is -2.35.